The highest BCUT2D eigenvalue weighted by Gasteiger charge is 2.13. The number of amides is 2. The molecule has 2 aromatic rings. The van der Waals surface area contributed by atoms with E-state index in [1.807, 2.05) is 6.92 Å². The molecule has 2 aromatic carbocycles. The molecule has 0 aliphatic heterocycles. The Morgan fingerprint density at radius 1 is 0.935 bits per heavy atom. The zero-order valence-corrected chi connectivity index (χ0v) is 18.0. The molecule has 9 heteroatoms. The van der Waals surface area contributed by atoms with Crippen LogP contribution in [0.1, 0.15) is 24.2 Å². The molecule has 2 amide bonds. The molecule has 0 heterocycles. The minimum atomic E-state index is -0.632. The van der Waals surface area contributed by atoms with Crippen LogP contribution in [0.15, 0.2) is 60.7 Å². The Bertz CT molecular complexity index is 973. The van der Waals surface area contributed by atoms with Gasteiger partial charge in [0.2, 0.25) is 5.91 Å². The number of carbonyl (C=O) groups excluding carboxylic acids is 3. The fraction of sp³-hybridized carbons (Fsp3) is 0.182. The van der Waals surface area contributed by atoms with Gasteiger partial charge in [-0.25, -0.2) is 4.79 Å². The minimum absolute atomic E-state index is 0.0279. The highest BCUT2D eigenvalue weighted by atomic mass is 32.1. The highest BCUT2D eigenvalue weighted by Crippen LogP contribution is 2.19. The van der Waals surface area contributed by atoms with Crippen LogP contribution in [0.4, 0.5) is 11.4 Å². The lowest BCUT2D eigenvalue weighted by Crippen LogP contribution is -2.33. The fourth-order valence-electron chi connectivity index (χ4n) is 2.43. The van der Waals surface area contributed by atoms with Crippen LogP contribution >= 0.6 is 12.2 Å². The number of hydrogen-bond acceptors (Lipinski definition) is 6. The summed E-state index contributed by atoms with van der Waals surface area (Å²) in [6.07, 6.45) is 2.01. The van der Waals surface area contributed by atoms with Gasteiger partial charge < -0.3 is 20.1 Å². The second kappa shape index (κ2) is 12.1. The molecule has 0 radical (unpaired) electrons. The summed E-state index contributed by atoms with van der Waals surface area (Å²) in [5.74, 6) is -0.890. The average Bonchev–Trinajstić information content (AvgIpc) is 2.74. The van der Waals surface area contributed by atoms with E-state index in [1.165, 1.54) is 0 Å². The molecule has 0 spiro atoms. The van der Waals surface area contributed by atoms with Crippen molar-refractivity contribution in [2.24, 2.45) is 0 Å². The maximum atomic E-state index is 12.7. The van der Waals surface area contributed by atoms with Crippen molar-refractivity contribution in [2.45, 2.75) is 13.8 Å². The third-order valence-corrected chi connectivity index (χ3v) is 3.94. The fourth-order valence-corrected chi connectivity index (χ4v) is 2.64. The number of para-hydroxylation sites is 1. The first-order valence-corrected chi connectivity index (χ1v) is 9.93. The van der Waals surface area contributed by atoms with Crippen molar-refractivity contribution in [2.75, 3.05) is 23.8 Å². The molecule has 0 saturated carbocycles. The van der Waals surface area contributed by atoms with E-state index in [2.05, 4.69) is 16.0 Å². The number of hydrogen-bond donors (Lipinski definition) is 3. The molecule has 31 heavy (non-hydrogen) atoms. The van der Waals surface area contributed by atoms with E-state index in [-0.39, 0.29) is 17.6 Å². The molecule has 2 rings (SSSR count). The summed E-state index contributed by atoms with van der Waals surface area (Å²) in [5.41, 5.74) is 1.34. The molecule has 0 aliphatic carbocycles. The Hall–Kier alpha value is -3.72. The lowest BCUT2D eigenvalue weighted by atomic mass is 10.1. The first kappa shape index (κ1) is 23.6. The molecular weight excluding hydrogens is 418 g/mol. The summed E-state index contributed by atoms with van der Waals surface area (Å²) in [5, 5.41) is 7.99. The van der Waals surface area contributed by atoms with Crippen LogP contribution in [-0.2, 0) is 14.3 Å². The lowest BCUT2D eigenvalue weighted by Gasteiger charge is -2.13. The quantitative estimate of drug-likeness (QED) is 0.328. The van der Waals surface area contributed by atoms with Crippen LogP contribution < -0.4 is 20.7 Å². The second-order valence-electron chi connectivity index (χ2n) is 5.99. The zero-order valence-electron chi connectivity index (χ0n) is 17.1. The lowest BCUT2D eigenvalue weighted by molar-refractivity contribution is -0.137. The predicted molar refractivity (Wildman–Crippen MR) is 122 cm³/mol. The van der Waals surface area contributed by atoms with Crippen LogP contribution in [0.2, 0.25) is 0 Å². The number of anilines is 2. The van der Waals surface area contributed by atoms with Gasteiger partial charge in [-0.05, 0) is 62.5 Å². The highest BCUT2D eigenvalue weighted by molar-refractivity contribution is 7.80. The largest absolute Gasteiger partial charge is 0.494 e. The summed E-state index contributed by atoms with van der Waals surface area (Å²) in [7, 11) is 0. The van der Waals surface area contributed by atoms with Crippen molar-refractivity contribution in [1.29, 1.82) is 0 Å². The van der Waals surface area contributed by atoms with Gasteiger partial charge in [-0.15, -0.1) is 0 Å². The first-order chi connectivity index (χ1) is 14.9. The molecule has 0 bridgehead atoms. The maximum absolute atomic E-state index is 12.7. The molecule has 0 aromatic heterocycles. The molecule has 0 unspecified atom stereocenters. The molecule has 0 saturated heterocycles. The first-order valence-electron chi connectivity index (χ1n) is 9.53. The molecular formula is C22H23N3O5S. The summed E-state index contributed by atoms with van der Waals surface area (Å²) in [4.78, 5) is 35.8. The van der Waals surface area contributed by atoms with Gasteiger partial charge in [0.25, 0.3) is 5.91 Å². The molecule has 162 valence electrons. The molecule has 8 nitrogen and oxygen atoms in total. The normalized spacial score (nSPS) is 10.3. The van der Waals surface area contributed by atoms with E-state index in [1.54, 1.807) is 55.5 Å². The second-order valence-corrected chi connectivity index (χ2v) is 6.39. The van der Waals surface area contributed by atoms with E-state index in [0.717, 1.165) is 12.2 Å². The Morgan fingerprint density at radius 2 is 1.65 bits per heavy atom. The third kappa shape index (κ3) is 7.90. The monoisotopic (exact) mass is 441 g/mol. The van der Waals surface area contributed by atoms with Crippen LogP contribution in [0.25, 0.3) is 0 Å². The van der Waals surface area contributed by atoms with E-state index < -0.39 is 11.9 Å². The van der Waals surface area contributed by atoms with Crippen molar-refractivity contribution in [3.05, 3.63) is 66.2 Å². The van der Waals surface area contributed by atoms with Crippen LogP contribution in [-0.4, -0.2) is 36.1 Å². The summed E-state index contributed by atoms with van der Waals surface area (Å²) >= 11 is 5.12. The summed E-state index contributed by atoms with van der Waals surface area (Å²) in [6, 6.07) is 13.7. The molecule has 0 fully saturated rings. The van der Waals surface area contributed by atoms with Gasteiger partial charge in [0, 0.05) is 17.8 Å². The Morgan fingerprint density at radius 3 is 2.32 bits per heavy atom. The van der Waals surface area contributed by atoms with Crippen molar-refractivity contribution in [3.63, 3.8) is 0 Å². The van der Waals surface area contributed by atoms with Crippen LogP contribution in [0.5, 0.6) is 5.75 Å². The predicted octanol–water partition coefficient (Wildman–Crippen LogP) is 3.27. The molecule has 0 atom stereocenters. The number of rotatable bonds is 8. The number of esters is 1. The van der Waals surface area contributed by atoms with E-state index in [9.17, 15) is 14.4 Å². The number of nitrogens with one attached hydrogen (secondary N) is 3. The smallest absolute Gasteiger partial charge is 0.330 e. The van der Waals surface area contributed by atoms with Gasteiger partial charge in [-0.2, -0.15) is 0 Å². The molecule has 3 N–H and O–H groups in total. The van der Waals surface area contributed by atoms with Gasteiger partial charge in [0.1, 0.15) is 5.75 Å². The number of benzene rings is 2. The number of ether oxygens (including phenoxy) is 2. The Kier molecular flexibility index (Phi) is 9.18. The van der Waals surface area contributed by atoms with Gasteiger partial charge >= 0.3 is 5.97 Å². The van der Waals surface area contributed by atoms with Gasteiger partial charge in [0.05, 0.1) is 24.5 Å². The van der Waals surface area contributed by atoms with Gasteiger partial charge in [0.15, 0.2) is 5.11 Å². The minimum Gasteiger partial charge on any atom is -0.494 e. The maximum Gasteiger partial charge on any atom is 0.330 e. The molecule has 0 aliphatic rings. The van der Waals surface area contributed by atoms with Gasteiger partial charge in [-0.1, -0.05) is 12.1 Å². The summed E-state index contributed by atoms with van der Waals surface area (Å²) < 4.78 is 10.1. The van der Waals surface area contributed by atoms with Crippen LogP contribution in [0, 0.1) is 0 Å². The SMILES string of the molecule is CCOC(=O)C=CC(=O)NC(=S)Nc1ccccc1C(=O)Nc1ccc(OCC)cc1. The Balaban J connectivity index is 2.00. The standard InChI is InChI=1S/C22H23N3O5S/c1-3-29-16-11-9-15(10-12-16)23-21(28)17-7-5-6-8-18(17)24-22(31)25-19(26)13-14-20(27)30-4-2/h5-14H,3-4H2,1-2H3,(H,23,28)(H2,24,25,26,31). The average molecular weight is 442 g/mol. The van der Waals surface area contributed by atoms with E-state index in [4.69, 9.17) is 21.7 Å². The van der Waals surface area contributed by atoms with Crippen molar-refractivity contribution in [1.82, 2.24) is 5.32 Å². The zero-order chi connectivity index (χ0) is 22.6. The third-order valence-electron chi connectivity index (χ3n) is 3.74. The number of thiocarbonyl (C=S) groups is 1. The van der Waals surface area contributed by atoms with E-state index in [0.29, 0.717) is 29.3 Å². The number of carbonyl (C=O) groups is 3. The van der Waals surface area contributed by atoms with Crippen molar-refractivity contribution < 1.29 is 23.9 Å². The van der Waals surface area contributed by atoms with Crippen molar-refractivity contribution in [3.8, 4) is 5.75 Å². The van der Waals surface area contributed by atoms with Crippen LogP contribution in [0.3, 0.4) is 0 Å². The van der Waals surface area contributed by atoms with Crippen molar-refractivity contribution >= 4 is 46.5 Å². The van der Waals surface area contributed by atoms with E-state index >= 15 is 0 Å². The summed E-state index contributed by atoms with van der Waals surface area (Å²) in [6.45, 7) is 4.32. The van der Waals surface area contributed by atoms with Gasteiger partial charge in [-0.3, -0.25) is 14.9 Å². The topological polar surface area (TPSA) is 106 Å². The Labute approximate surface area is 185 Å².